The van der Waals surface area contributed by atoms with Gasteiger partial charge in [0, 0.05) is 25.9 Å². The molecule has 0 spiro atoms. The number of thiazole rings is 1. The zero-order chi connectivity index (χ0) is 31.4. The van der Waals surface area contributed by atoms with Crippen LogP contribution in [0.3, 0.4) is 0 Å². The van der Waals surface area contributed by atoms with E-state index in [1.807, 2.05) is 57.5 Å². The topological polar surface area (TPSA) is 138 Å². The van der Waals surface area contributed by atoms with Crippen LogP contribution in [0, 0.1) is 12.3 Å². The van der Waals surface area contributed by atoms with Gasteiger partial charge >= 0.3 is 0 Å². The first-order chi connectivity index (χ1) is 20.5. The maximum Gasteiger partial charge on any atom is 0.246 e. The largest absolute Gasteiger partial charge is 0.391 e. The van der Waals surface area contributed by atoms with Crippen LogP contribution in [0.25, 0.3) is 10.4 Å². The Kier molecular flexibility index (Phi) is 15.8. The third kappa shape index (κ3) is 11.4. The number of likely N-dealkylation sites (tertiary alicyclic amines) is 1. The molecule has 0 aliphatic carbocycles. The van der Waals surface area contributed by atoms with Crippen LogP contribution in [0.15, 0.2) is 29.8 Å². The molecule has 1 aliphatic heterocycles. The number of aryl methyl sites for hydroxylation is 1. The number of hydrogen-bond acceptors (Lipinski definition) is 7. The van der Waals surface area contributed by atoms with Gasteiger partial charge in [-0.2, -0.15) is 0 Å². The fourth-order valence-corrected chi connectivity index (χ4v) is 6.32. The van der Waals surface area contributed by atoms with Gasteiger partial charge in [0.25, 0.3) is 0 Å². The van der Waals surface area contributed by atoms with Crippen LogP contribution < -0.4 is 16.4 Å². The van der Waals surface area contributed by atoms with Gasteiger partial charge in [-0.3, -0.25) is 14.4 Å². The Hall–Kier alpha value is -2.53. The molecule has 1 saturated heterocycles. The van der Waals surface area contributed by atoms with Gasteiger partial charge < -0.3 is 26.4 Å². The molecule has 2 aromatic rings. The summed E-state index contributed by atoms with van der Waals surface area (Å²) in [5.74, 6) is -0.803. The van der Waals surface area contributed by atoms with E-state index in [1.54, 1.807) is 11.3 Å². The minimum Gasteiger partial charge on any atom is -0.391 e. The van der Waals surface area contributed by atoms with Gasteiger partial charge in [0.05, 0.1) is 22.2 Å². The van der Waals surface area contributed by atoms with Crippen molar-refractivity contribution in [2.75, 3.05) is 13.1 Å². The molecular weight excluding hydrogens is 598 g/mol. The first-order valence-corrected chi connectivity index (χ1v) is 16.6. The first-order valence-electron chi connectivity index (χ1n) is 15.8. The number of aliphatic hydroxyl groups is 1. The van der Waals surface area contributed by atoms with E-state index in [0.717, 1.165) is 60.3 Å². The van der Waals surface area contributed by atoms with E-state index in [0.29, 0.717) is 13.0 Å². The molecule has 0 unspecified atom stereocenters. The number of benzene rings is 1. The van der Waals surface area contributed by atoms with Gasteiger partial charge in [-0.15, -0.1) is 23.7 Å². The Morgan fingerprint density at radius 1 is 1.05 bits per heavy atom. The van der Waals surface area contributed by atoms with Crippen molar-refractivity contribution in [1.82, 2.24) is 20.5 Å². The molecule has 1 aromatic carbocycles. The number of carbonyl (C=O) groups excluding carboxylic acids is 3. The molecular formula is C33H52ClN5O4S. The lowest BCUT2D eigenvalue weighted by atomic mass is 9.85. The van der Waals surface area contributed by atoms with Gasteiger partial charge in [0.2, 0.25) is 17.7 Å². The van der Waals surface area contributed by atoms with E-state index < -0.39 is 23.6 Å². The number of hydrogen-bond donors (Lipinski definition) is 4. The predicted octanol–water partition coefficient (Wildman–Crippen LogP) is 5.12. The van der Waals surface area contributed by atoms with Crippen LogP contribution in [0.1, 0.15) is 96.2 Å². The molecule has 11 heteroatoms. The van der Waals surface area contributed by atoms with Crippen molar-refractivity contribution in [2.24, 2.45) is 11.1 Å². The average molecular weight is 650 g/mol. The number of rotatable bonds is 16. The molecule has 1 aliphatic rings. The average Bonchev–Trinajstić information content (AvgIpc) is 3.58. The van der Waals surface area contributed by atoms with Crippen molar-refractivity contribution < 1.29 is 19.5 Å². The monoisotopic (exact) mass is 649 g/mol. The third-order valence-electron chi connectivity index (χ3n) is 8.07. The Balaban J connectivity index is 0.00000675. The number of unbranched alkanes of at least 4 members (excludes halogenated alkanes) is 7. The number of nitrogens with zero attached hydrogens (tertiary/aromatic N) is 2. The number of β-amino-alcohol motifs (C(OH)–C–C–N with tert-alkyl or cyclic N) is 1. The molecule has 0 bridgehead atoms. The van der Waals surface area contributed by atoms with Crippen molar-refractivity contribution in [1.29, 1.82) is 0 Å². The summed E-state index contributed by atoms with van der Waals surface area (Å²) in [4.78, 5) is 46.8. The van der Waals surface area contributed by atoms with Crippen molar-refractivity contribution in [3.63, 3.8) is 0 Å². The molecule has 0 radical (unpaired) electrons. The number of aromatic nitrogens is 1. The molecule has 2 heterocycles. The van der Waals surface area contributed by atoms with E-state index in [-0.39, 0.29) is 43.1 Å². The van der Waals surface area contributed by atoms with E-state index in [2.05, 4.69) is 15.6 Å². The summed E-state index contributed by atoms with van der Waals surface area (Å²) in [6.07, 6.45) is 8.40. The van der Waals surface area contributed by atoms with Crippen LogP contribution >= 0.6 is 23.7 Å². The highest BCUT2D eigenvalue weighted by atomic mass is 35.5. The molecule has 246 valence electrons. The van der Waals surface area contributed by atoms with E-state index >= 15 is 0 Å². The maximum absolute atomic E-state index is 13.8. The zero-order valence-corrected chi connectivity index (χ0v) is 28.4. The number of halogens is 1. The molecule has 0 saturated carbocycles. The Morgan fingerprint density at radius 2 is 1.66 bits per heavy atom. The molecule has 3 amide bonds. The summed E-state index contributed by atoms with van der Waals surface area (Å²) < 4.78 is 0. The summed E-state index contributed by atoms with van der Waals surface area (Å²) in [6.45, 7) is 8.81. The Labute approximate surface area is 273 Å². The fraction of sp³-hybridized carbons (Fsp3) is 0.636. The zero-order valence-electron chi connectivity index (χ0n) is 26.8. The lowest BCUT2D eigenvalue weighted by Crippen LogP contribution is -2.57. The summed E-state index contributed by atoms with van der Waals surface area (Å²) in [5, 5.41) is 16.3. The molecule has 1 fully saturated rings. The van der Waals surface area contributed by atoms with Gasteiger partial charge in [0.1, 0.15) is 12.1 Å². The van der Waals surface area contributed by atoms with E-state index in [9.17, 15) is 19.5 Å². The van der Waals surface area contributed by atoms with Gasteiger partial charge in [-0.25, -0.2) is 4.98 Å². The second-order valence-electron chi connectivity index (χ2n) is 12.8. The third-order valence-corrected chi connectivity index (χ3v) is 9.05. The molecule has 9 nitrogen and oxygen atoms in total. The highest BCUT2D eigenvalue weighted by Gasteiger charge is 2.44. The molecule has 1 aromatic heterocycles. The Bertz CT molecular complexity index is 1180. The summed E-state index contributed by atoms with van der Waals surface area (Å²) in [6, 6.07) is 6.36. The maximum atomic E-state index is 13.8. The van der Waals surface area contributed by atoms with Crippen LogP contribution in [-0.2, 0) is 20.9 Å². The standard InChI is InChI=1S/C33H51N5O4S.ClH/c1-23-29(43-22-36-23)25-16-14-24(15-17-25)20-35-31(41)27-19-26(39)21-38(27)32(42)30(33(2,3)4)37-28(40)13-11-9-7-5-6-8-10-12-18-34;/h14-17,22,26-27,30,39H,5-13,18-21,34H2,1-4H3,(H,35,41)(H,37,40);1H/t26-,27+,30+;/m0./s1. The number of nitrogens with one attached hydrogen (secondary N) is 2. The smallest absolute Gasteiger partial charge is 0.246 e. The van der Waals surface area contributed by atoms with Crippen LogP contribution in [0.2, 0.25) is 0 Å². The van der Waals surface area contributed by atoms with Gasteiger partial charge in [-0.1, -0.05) is 83.6 Å². The molecule has 44 heavy (non-hydrogen) atoms. The van der Waals surface area contributed by atoms with E-state index in [4.69, 9.17) is 5.73 Å². The van der Waals surface area contributed by atoms with Crippen molar-refractivity contribution in [3.05, 3.63) is 41.0 Å². The van der Waals surface area contributed by atoms with Crippen LogP contribution in [0.5, 0.6) is 0 Å². The second kappa shape index (κ2) is 18.4. The Morgan fingerprint density at radius 3 is 2.23 bits per heavy atom. The molecule has 3 atom stereocenters. The predicted molar refractivity (Wildman–Crippen MR) is 179 cm³/mol. The van der Waals surface area contributed by atoms with Crippen LogP contribution in [-0.4, -0.2) is 64.0 Å². The lowest BCUT2D eigenvalue weighted by molar-refractivity contribution is -0.144. The second-order valence-corrected chi connectivity index (χ2v) is 13.7. The summed E-state index contributed by atoms with van der Waals surface area (Å²) >= 11 is 1.59. The van der Waals surface area contributed by atoms with Crippen molar-refractivity contribution in [3.8, 4) is 10.4 Å². The van der Waals surface area contributed by atoms with E-state index in [1.165, 1.54) is 24.2 Å². The number of amides is 3. The lowest BCUT2D eigenvalue weighted by Gasteiger charge is -2.35. The minimum atomic E-state index is -0.800. The SMILES string of the molecule is Cc1ncsc1-c1ccc(CNC(=O)[C@H]2C[C@H](O)CN2C(=O)[C@@H](NC(=O)CCCCCCCCCCN)C(C)(C)C)cc1.Cl. The molecule has 5 N–H and O–H groups in total. The first kappa shape index (κ1) is 37.7. The van der Waals surface area contributed by atoms with Gasteiger partial charge in [0.15, 0.2) is 0 Å². The number of carbonyl (C=O) groups is 3. The number of aliphatic hydroxyl groups excluding tert-OH is 1. The van der Waals surface area contributed by atoms with Gasteiger partial charge in [-0.05, 0) is 42.9 Å². The summed E-state index contributed by atoms with van der Waals surface area (Å²) in [5.41, 5.74) is 9.80. The highest BCUT2D eigenvalue weighted by Crippen LogP contribution is 2.28. The van der Waals surface area contributed by atoms with Crippen LogP contribution in [0.4, 0.5) is 0 Å². The highest BCUT2D eigenvalue weighted by molar-refractivity contribution is 7.13. The molecule has 3 rings (SSSR count). The van der Waals surface area contributed by atoms with Crippen molar-refractivity contribution in [2.45, 2.75) is 117 Å². The quantitative estimate of drug-likeness (QED) is 0.186. The van der Waals surface area contributed by atoms with Crippen molar-refractivity contribution >= 4 is 41.5 Å². The number of nitrogens with two attached hydrogens (primary N) is 1. The summed E-state index contributed by atoms with van der Waals surface area (Å²) in [7, 11) is 0. The fourth-order valence-electron chi connectivity index (χ4n) is 5.50. The minimum absolute atomic E-state index is 0. The normalized spacial score (nSPS) is 17.2.